The third-order valence-corrected chi connectivity index (χ3v) is 4.79. The Bertz CT molecular complexity index is 452. The first-order valence-corrected chi connectivity index (χ1v) is 8.88. The first kappa shape index (κ1) is 18.7. The number of β-amino-alcohol motifs (C(OH)–C–C–N with tert-alkyl or cyclic N) is 1. The van der Waals surface area contributed by atoms with Crippen molar-refractivity contribution in [3.05, 3.63) is 34.9 Å². The molecule has 3 atom stereocenters. The lowest BCUT2D eigenvalue weighted by Gasteiger charge is -2.36. The van der Waals surface area contributed by atoms with Gasteiger partial charge in [0.2, 0.25) is 0 Å². The van der Waals surface area contributed by atoms with Gasteiger partial charge in [-0.15, -0.1) is 0 Å². The summed E-state index contributed by atoms with van der Waals surface area (Å²) in [7, 11) is 0. The second-order valence-electron chi connectivity index (χ2n) is 6.34. The molecule has 0 amide bonds. The number of piperidine rings is 1. The van der Waals surface area contributed by atoms with Gasteiger partial charge in [0.05, 0.1) is 18.8 Å². The van der Waals surface area contributed by atoms with Gasteiger partial charge in [-0.05, 0) is 50.4 Å². The molecule has 1 aromatic carbocycles. The molecule has 23 heavy (non-hydrogen) atoms. The molecule has 0 radical (unpaired) electrons. The summed E-state index contributed by atoms with van der Waals surface area (Å²) in [6.07, 6.45) is 3.68. The van der Waals surface area contributed by atoms with Gasteiger partial charge in [-0.25, -0.2) is 0 Å². The van der Waals surface area contributed by atoms with Crippen molar-refractivity contribution >= 4 is 11.6 Å². The van der Waals surface area contributed by atoms with E-state index in [1.54, 1.807) is 0 Å². The lowest BCUT2D eigenvalue weighted by atomic mass is 9.99. The highest BCUT2D eigenvalue weighted by Crippen LogP contribution is 2.21. The van der Waals surface area contributed by atoms with E-state index in [-0.39, 0.29) is 12.7 Å². The lowest BCUT2D eigenvalue weighted by Crippen LogP contribution is -2.45. The molecule has 1 aromatic rings. The van der Waals surface area contributed by atoms with Crippen LogP contribution in [-0.2, 0) is 4.74 Å². The molecule has 4 nitrogen and oxygen atoms in total. The van der Waals surface area contributed by atoms with Crippen LogP contribution in [0.5, 0.6) is 0 Å². The Kier molecular flexibility index (Phi) is 7.80. The standard InChI is InChI=1S/C18H28ClNO3/c1-14(15-5-7-16(19)8-6-15)23-13-18(22)12-20-10-3-2-4-17(20)9-11-21/h5-8,14,17-18,21-22H,2-4,9-13H2,1H3/t14-,17+,18-/m0/s1. The molecule has 130 valence electrons. The van der Waals surface area contributed by atoms with Crippen molar-refractivity contribution in [2.75, 3.05) is 26.3 Å². The Morgan fingerprint density at radius 2 is 2.04 bits per heavy atom. The van der Waals surface area contributed by atoms with Crippen molar-refractivity contribution in [3.8, 4) is 0 Å². The first-order chi connectivity index (χ1) is 11.1. The molecule has 1 heterocycles. The molecule has 1 saturated heterocycles. The van der Waals surface area contributed by atoms with E-state index < -0.39 is 6.10 Å². The second-order valence-corrected chi connectivity index (χ2v) is 6.77. The smallest absolute Gasteiger partial charge is 0.0900 e. The Labute approximate surface area is 144 Å². The van der Waals surface area contributed by atoms with Crippen LogP contribution < -0.4 is 0 Å². The Balaban J connectivity index is 1.77. The highest BCUT2D eigenvalue weighted by Gasteiger charge is 2.24. The zero-order valence-corrected chi connectivity index (χ0v) is 14.6. The molecule has 0 aromatic heterocycles. The van der Waals surface area contributed by atoms with Gasteiger partial charge in [0.1, 0.15) is 0 Å². The maximum atomic E-state index is 10.3. The summed E-state index contributed by atoms with van der Waals surface area (Å²) >= 11 is 5.89. The number of hydrogen-bond donors (Lipinski definition) is 2. The third kappa shape index (κ3) is 6.05. The fraction of sp³-hybridized carbons (Fsp3) is 0.667. The van der Waals surface area contributed by atoms with Crippen LogP contribution in [0.25, 0.3) is 0 Å². The molecule has 1 aliphatic rings. The molecule has 0 spiro atoms. The van der Waals surface area contributed by atoms with Gasteiger partial charge in [0.15, 0.2) is 0 Å². The number of nitrogens with zero attached hydrogens (tertiary/aromatic N) is 1. The first-order valence-electron chi connectivity index (χ1n) is 8.50. The summed E-state index contributed by atoms with van der Waals surface area (Å²) in [5.41, 5.74) is 1.05. The lowest BCUT2D eigenvalue weighted by molar-refractivity contribution is -0.0263. The fourth-order valence-corrected chi connectivity index (χ4v) is 3.31. The second kappa shape index (κ2) is 9.60. The SMILES string of the molecule is C[C@H](OC[C@@H](O)CN1CCCC[C@@H]1CCO)c1ccc(Cl)cc1. The molecule has 0 bridgehead atoms. The Morgan fingerprint density at radius 3 is 2.74 bits per heavy atom. The molecule has 2 N–H and O–H groups in total. The van der Waals surface area contributed by atoms with Crippen LogP contribution in [-0.4, -0.2) is 53.6 Å². The highest BCUT2D eigenvalue weighted by atomic mass is 35.5. The molecule has 0 aliphatic carbocycles. The summed E-state index contributed by atoms with van der Waals surface area (Å²) in [6, 6.07) is 7.97. The van der Waals surface area contributed by atoms with Crippen molar-refractivity contribution < 1.29 is 14.9 Å². The maximum Gasteiger partial charge on any atom is 0.0900 e. The monoisotopic (exact) mass is 341 g/mol. The number of aliphatic hydroxyl groups is 2. The average molecular weight is 342 g/mol. The summed E-state index contributed by atoms with van der Waals surface area (Å²) in [6.45, 7) is 4.10. The van der Waals surface area contributed by atoms with Gasteiger partial charge in [-0.1, -0.05) is 30.2 Å². The third-order valence-electron chi connectivity index (χ3n) is 4.53. The van der Waals surface area contributed by atoms with Gasteiger partial charge >= 0.3 is 0 Å². The zero-order valence-electron chi connectivity index (χ0n) is 13.8. The van der Waals surface area contributed by atoms with Crippen LogP contribution in [0.15, 0.2) is 24.3 Å². The fourth-order valence-electron chi connectivity index (χ4n) is 3.19. The van der Waals surface area contributed by atoms with E-state index in [9.17, 15) is 5.11 Å². The van der Waals surface area contributed by atoms with Crippen LogP contribution in [0.1, 0.15) is 44.3 Å². The molecule has 1 fully saturated rings. The Morgan fingerprint density at radius 1 is 1.30 bits per heavy atom. The van der Waals surface area contributed by atoms with Gasteiger partial charge in [0, 0.05) is 24.2 Å². The van der Waals surface area contributed by atoms with E-state index in [1.165, 1.54) is 6.42 Å². The number of benzene rings is 1. The van der Waals surface area contributed by atoms with Crippen LogP contribution in [0.2, 0.25) is 5.02 Å². The Hall–Kier alpha value is -0.650. The van der Waals surface area contributed by atoms with Crippen LogP contribution >= 0.6 is 11.6 Å². The summed E-state index contributed by atoms with van der Waals surface area (Å²) in [4.78, 5) is 2.29. The molecule has 5 heteroatoms. The number of rotatable bonds is 8. The van der Waals surface area contributed by atoms with Crippen molar-refractivity contribution in [1.29, 1.82) is 0 Å². The highest BCUT2D eigenvalue weighted by molar-refractivity contribution is 6.30. The number of hydrogen-bond acceptors (Lipinski definition) is 4. The minimum atomic E-state index is -0.510. The molecular weight excluding hydrogens is 314 g/mol. The largest absolute Gasteiger partial charge is 0.396 e. The van der Waals surface area contributed by atoms with Crippen LogP contribution in [0.4, 0.5) is 0 Å². The van der Waals surface area contributed by atoms with Crippen molar-refractivity contribution in [2.45, 2.75) is 50.9 Å². The van der Waals surface area contributed by atoms with E-state index in [0.717, 1.165) is 31.4 Å². The van der Waals surface area contributed by atoms with E-state index in [1.807, 2.05) is 31.2 Å². The molecule has 0 unspecified atom stereocenters. The summed E-state index contributed by atoms with van der Waals surface area (Å²) in [5.74, 6) is 0. The van der Waals surface area contributed by atoms with Gasteiger partial charge in [0.25, 0.3) is 0 Å². The predicted octanol–water partition coefficient (Wildman–Crippen LogP) is 3.02. The van der Waals surface area contributed by atoms with Crippen molar-refractivity contribution in [1.82, 2.24) is 4.90 Å². The number of ether oxygens (including phenoxy) is 1. The van der Waals surface area contributed by atoms with E-state index in [4.69, 9.17) is 21.4 Å². The van der Waals surface area contributed by atoms with Gasteiger partial charge < -0.3 is 14.9 Å². The summed E-state index contributed by atoms with van der Waals surface area (Å²) in [5, 5.41) is 20.2. The van der Waals surface area contributed by atoms with Crippen LogP contribution in [0, 0.1) is 0 Å². The number of likely N-dealkylation sites (tertiary alicyclic amines) is 1. The molecule has 1 aliphatic heterocycles. The van der Waals surface area contributed by atoms with Crippen molar-refractivity contribution in [2.24, 2.45) is 0 Å². The van der Waals surface area contributed by atoms with Gasteiger partial charge in [-0.3, -0.25) is 4.90 Å². The van der Waals surface area contributed by atoms with E-state index in [2.05, 4.69) is 4.90 Å². The van der Waals surface area contributed by atoms with Crippen molar-refractivity contribution in [3.63, 3.8) is 0 Å². The quantitative estimate of drug-likeness (QED) is 0.763. The van der Waals surface area contributed by atoms with Gasteiger partial charge in [-0.2, -0.15) is 0 Å². The maximum absolute atomic E-state index is 10.3. The molecule has 2 rings (SSSR count). The van der Waals surface area contributed by atoms with Crippen LogP contribution in [0.3, 0.4) is 0 Å². The zero-order chi connectivity index (χ0) is 16.7. The average Bonchev–Trinajstić information content (AvgIpc) is 2.55. The topological polar surface area (TPSA) is 52.9 Å². The molecule has 0 saturated carbocycles. The predicted molar refractivity (Wildman–Crippen MR) is 92.7 cm³/mol. The molecular formula is C18H28ClNO3. The number of aliphatic hydroxyl groups excluding tert-OH is 2. The minimum Gasteiger partial charge on any atom is -0.396 e. The number of halogens is 1. The van der Waals surface area contributed by atoms with E-state index >= 15 is 0 Å². The summed E-state index contributed by atoms with van der Waals surface area (Å²) < 4.78 is 5.80. The normalized spacial score (nSPS) is 22.0. The van der Waals surface area contributed by atoms with E-state index in [0.29, 0.717) is 24.2 Å². The minimum absolute atomic E-state index is 0.0727.